The number of rotatable bonds is 4. The minimum absolute atomic E-state index is 0.155. The van der Waals surface area contributed by atoms with Crippen LogP contribution < -0.4 is 10.6 Å². The third-order valence-electron chi connectivity index (χ3n) is 5.37. The van der Waals surface area contributed by atoms with Crippen molar-refractivity contribution < 1.29 is 9.90 Å². The summed E-state index contributed by atoms with van der Waals surface area (Å²) in [5, 5.41) is 20.1. The first-order chi connectivity index (χ1) is 12.1. The van der Waals surface area contributed by atoms with Gasteiger partial charge in [-0.1, -0.05) is 6.07 Å². The van der Waals surface area contributed by atoms with Crippen LogP contribution in [0.5, 0.6) is 0 Å². The number of nitrogens with zero attached hydrogens (tertiary/aromatic N) is 2. The molecule has 1 aromatic heterocycles. The summed E-state index contributed by atoms with van der Waals surface area (Å²) in [4.78, 5) is 12.4. The van der Waals surface area contributed by atoms with Gasteiger partial charge in [0.05, 0.1) is 12.2 Å². The first-order valence-electron chi connectivity index (χ1n) is 9.01. The molecule has 2 aromatic rings. The Bertz CT molecular complexity index is 780. The number of aryl methyl sites for hydroxylation is 3. The summed E-state index contributed by atoms with van der Waals surface area (Å²) in [5.41, 5.74) is 7.11. The predicted molar refractivity (Wildman–Crippen MR) is 95.7 cm³/mol. The average Bonchev–Trinajstić information content (AvgIpc) is 3.32. The van der Waals surface area contributed by atoms with Crippen LogP contribution in [0.25, 0.3) is 0 Å². The van der Waals surface area contributed by atoms with Crippen LogP contribution in [0.2, 0.25) is 0 Å². The lowest BCUT2D eigenvalue weighted by molar-refractivity contribution is 0.166. The number of aromatic nitrogens is 2. The van der Waals surface area contributed by atoms with Crippen molar-refractivity contribution in [3.8, 4) is 0 Å². The van der Waals surface area contributed by atoms with Crippen molar-refractivity contribution in [1.82, 2.24) is 15.1 Å². The molecule has 132 valence electrons. The second-order valence-corrected chi connectivity index (χ2v) is 6.96. The normalized spacial score (nSPS) is 16.4. The molecular formula is C19H24N4O2. The minimum atomic E-state index is -0.773. The summed E-state index contributed by atoms with van der Waals surface area (Å²) in [6.07, 6.45) is 7.48. The molecule has 1 atom stereocenters. The summed E-state index contributed by atoms with van der Waals surface area (Å²) < 4.78 is 1.61. The maximum atomic E-state index is 12.4. The predicted octanol–water partition coefficient (Wildman–Crippen LogP) is 2.25. The molecule has 0 bridgehead atoms. The van der Waals surface area contributed by atoms with Gasteiger partial charge in [0.25, 0.3) is 0 Å². The number of anilines is 1. The van der Waals surface area contributed by atoms with E-state index in [-0.39, 0.29) is 12.6 Å². The van der Waals surface area contributed by atoms with E-state index in [1.54, 1.807) is 24.0 Å². The number of carbonyl (C=O) groups excluding carboxylic acids is 1. The SMILES string of the molecule is Cn1nccc1C(O)CNC(=O)Nc1c2c(cc3c1CCC3)CCC2. The first kappa shape index (κ1) is 16.1. The van der Waals surface area contributed by atoms with Crippen molar-refractivity contribution in [3.05, 3.63) is 46.3 Å². The van der Waals surface area contributed by atoms with Gasteiger partial charge in [0.2, 0.25) is 0 Å². The molecule has 0 radical (unpaired) electrons. The minimum Gasteiger partial charge on any atom is -0.385 e. The van der Waals surface area contributed by atoms with Crippen molar-refractivity contribution in [2.75, 3.05) is 11.9 Å². The van der Waals surface area contributed by atoms with Gasteiger partial charge < -0.3 is 15.7 Å². The Morgan fingerprint density at radius 3 is 2.52 bits per heavy atom. The summed E-state index contributed by atoms with van der Waals surface area (Å²) in [7, 11) is 1.77. The molecule has 4 rings (SSSR count). The van der Waals surface area contributed by atoms with Crippen LogP contribution in [-0.4, -0.2) is 27.5 Å². The van der Waals surface area contributed by atoms with Gasteiger partial charge in [0, 0.05) is 18.9 Å². The maximum absolute atomic E-state index is 12.4. The zero-order valence-corrected chi connectivity index (χ0v) is 14.5. The van der Waals surface area contributed by atoms with Crippen LogP contribution in [0.3, 0.4) is 0 Å². The Morgan fingerprint density at radius 2 is 1.92 bits per heavy atom. The maximum Gasteiger partial charge on any atom is 0.319 e. The Balaban J connectivity index is 1.46. The molecule has 0 fully saturated rings. The van der Waals surface area contributed by atoms with Crippen LogP contribution in [0.15, 0.2) is 18.3 Å². The molecule has 25 heavy (non-hydrogen) atoms. The van der Waals surface area contributed by atoms with E-state index in [0.717, 1.165) is 44.2 Å². The standard InChI is InChI=1S/C19H24N4O2/c1-23-16(8-9-21-23)17(24)11-20-19(25)22-18-14-6-2-4-12(14)10-13-5-3-7-15(13)18/h8-10,17,24H,2-7,11H2,1H3,(H2,20,22,25). The molecule has 2 aliphatic rings. The Hall–Kier alpha value is -2.34. The topological polar surface area (TPSA) is 79.2 Å². The van der Waals surface area contributed by atoms with Gasteiger partial charge in [-0.25, -0.2) is 4.79 Å². The van der Waals surface area contributed by atoms with Gasteiger partial charge in [-0.05, 0) is 66.8 Å². The van der Waals surface area contributed by atoms with Gasteiger partial charge in [-0.15, -0.1) is 0 Å². The number of hydrogen-bond donors (Lipinski definition) is 3. The molecule has 0 saturated carbocycles. The third kappa shape index (κ3) is 3.02. The van der Waals surface area contributed by atoms with E-state index < -0.39 is 6.10 Å². The second-order valence-electron chi connectivity index (χ2n) is 6.96. The first-order valence-corrected chi connectivity index (χ1v) is 9.01. The molecule has 0 spiro atoms. The van der Waals surface area contributed by atoms with Gasteiger partial charge in [-0.3, -0.25) is 4.68 Å². The molecule has 3 N–H and O–H groups in total. The molecule has 6 nitrogen and oxygen atoms in total. The summed E-state index contributed by atoms with van der Waals surface area (Å²) >= 11 is 0. The van der Waals surface area contributed by atoms with Crippen molar-refractivity contribution in [1.29, 1.82) is 0 Å². The third-order valence-corrected chi connectivity index (χ3v) is 5.37. The number of benzene rings is 1. The summed E-state index contributed by atoms with van der Waals surface area (Å²) in [6.45, 7) is 0.155. The molecule has 2 aliphatic carbocycles. The lowest BCUT2D eigenvalue weighted by Gasteiger charge is -2.17. The number of aliphatic hydroxyl groups excluding tert-OH is 1. The summed E-state index contributed by atoms with van der Waals surface area (Å²) in [5.74, 6) is 0. The van der Waals surface area contributed by atoms with Gasteiger partial charge in [-0.2, -0.15) is 5.10 Å². The average molecular weight is 340 g/mol. The van der Waals surface area contributed by atoms with Crippen molar-refractivity contribution in [2.45, 2.75) is 44.6 Å². The molecule has 2 amide bonds. The number of amides is 2. The molecule has 1 unspecified atom stereocenters. The lowest BCUT2D eigenvalue weighted by atomic mass is 9.99. The highest BCUT2D eigenvalue weighted by Gasteiger charge is 2.25. The molecule has 6 heteroatoms. The van der Waals surface area contributed by atoms with Crippen molar-refractivity contribution in [3.63, 3.8) is 0 Å². The number of carbonyl (C=O) groups is 1. The number of fused-ring (bicyclic) bond motifs is 2. The van der Waals surface area contributed by atoms with E-state index in [1.165, 1.54) is 22.3 Å². The zero-order valence-electron chi connectivity index (χ0n) is 14.5. The fourth-order valence-corrected chi connectivity index (χ4v) is 4.13. The largest absolute Gasteiger partial charge is 0.385 e. The molecular weight excluding hydrogens is 316 g/mol. The van der Waals surface area contributed by atoms with E-state index >= 15 is 0 Å². The van der Waals surface area contributed by atoms with Gasteiger partial charge in [0.15, 0.2) is 0 Å². The molecule has 0 aliphatic heterocycles. The molecule has 0 saturated heterocycles. The van der Waals surface area contributed by atoms with Gasteiger partial charge >= 0.3 is 6.03 Å². The van der Waals surface area contributed by atoms with E-state index in [2.05, 4.69) is 21.8 Å². The number of hydrogen-bond acceptors (Lipinski definition) is 3. The van der Waals surface area contributed by atoms with E-state index in [9.17, 15) is 9.90 Å². The Morgan fingerprint density at radius 1 is 1.24 bits per heavy atom. The zero-order chi connectivity index (χ0) is 17.4. The monoisotopic (exact) mass is 340 g/mol. The van der Waals surface area contributed by atoms with E-state index in [4.69, 9.17) is 0 Å². The Kier molecular flexibility index (Phi) is 4.21. The molecule has 1 aromatic carbocycles. The van der Waals surface area contributed by atoms with Crippen molar-refractivity contribution >= 4 is 11.7 Å². The van der Waals surface area contributed by atoms with Crippen LogP contribution in [0.1, 0.15) is 46.9 Å². The Labute approximate surface area is 147 Å². The fourth-order valence-electron chi connectivity index (χ4n) is 4.13. The summed E-state index contributed by atoms with van der Waals surface area (Å²) in [6, 6.07) is 3.84. The number of aliphatic hydroxyl groups is 1. The van der Waals surface area contributed by atoms with Crippen LogP contribution in [0, 0.1) is 0 Å². The second kappa shape index (κ2) is 6.52. The number of urea groups is 1. The quantitative estimate of drug-likeness (QED) is 0.799. The van der Waals surface area contributed by atoms with Crippen LogP contribution in [-0.2, 0) is 32.7 Å². The van der Waals surface area contributed by atoms with Crippen LogP contribution >= 0.6 is 0 Å². The highest BCUT2D eigenvalue weighted by molar-refractivity contribution is 5.92. The van der Waals surface area contributed by atoms with Gasteiger partial charge in [0.1, 0.15) is 6.10 Å². The van der Waals surface area contributed by atoms with Crippen LogP contribution in [0.4, 0.5) is 10.5 Å². The van der Waals surface area contributed by atoms with E-state index in [0.29, 0.717) is 5.69 Å². The fraction of sp³-hybridized carbons (Fsp3) is 0.474. The van der Waals surface area contributed by atoms with Crippen molar-refractivity contribution in [2.24, 2.45) is 7.05 Å². The number of nitrogens with one attached hydrogen (secondary N) is 2. The van der Waals surface area contributed by atoms with E-state index in [1.807, 2.05) is 0 Å². The smallest absolute Gasteiger partial charge is 0.319 e. The molecule has 1 heterocycles. The lowest BCUT2D eigenvalue weighted by Crippen LogP contribution is -2.33. The highest BCUT2D eigenvalue weighted by atomic mass is 16.3. The highest BCUT2D eigenvalue weighted by Crippen LogP contribution is 2.38.